The second-order valence-electron chi connectivity index (χ2n) is 3.34. The molecule has 1 rings (SSSR count). The Morgan fingerprint density at radius 3 is 2.73 bits per heavy atom. The van der Waals surface area contributed by atoms with Gasteiger partial charge in [0.25, 0.3) is 0 Å². The first-order chi connectivity index (χ1) is 7.07. The molecule has 0 aromatic heterocycles. The zero-order valence-corrected chi connectivity index (χ0v) is 8.73. The third kappa shape index (κ3) is 2.47. The summed E-state index contributed by atoms with van der Waals surface area (Å²) in [5, 5.41) is 18.5. The maximum Gasteiger partial charge on any atom is 0.310 e. The van der Waals surface area contributed by atoms with Crippen molar-refractivity contribution in [3.63, 3.8) is 0 Å². The largest absolute Gasteiger partial charge is 0.508 e. The first kappa shape index (κ1) is 11.5. The molecule has 0 aliphatic rings. The molecule has 15 heavy (non-hydrogen) atoms. The number of ether oxygens (including phenoxy) is 1. The molecular formula is C11H14O4. The Morgan fingerprint density at radius 1 is 1.53 bits per heavy atom. The van der Waals surface area contributed by atoms with Gasteiger partial charge in [0.15, 0.2) is 0 Å². The summed E-state index contributed by atoms with van der Waals surface area (Å²) in [7, 11) is 1.53. The Bertz CT molecular complexity index is 360. The lowest BCUT2D eigenvalue weighted by atomic mass is 9.95. The van der Waals surface area contributed by atoms with Gasteiger partial charge in [0.1, 0.15) is 5.75 Å². The monoisotopic (exact) mass is 210 g/mol. The van der Waals surface area contributed by atoms with Gasteiger partial charge >= 0.3 is 5.97 Å². The summed E-state index contributed by atoms with van der Waals surface area (Å²) in [5.41, 5.74) is 1.12. The fraction of sp³-hybridized carbons (Fsp3) is 0.364. The van der Waals surface area contributed by atoms with Crippen LogP contribution in [0.2, 0.25) is 0 Å². The normalized spacial score (nSPS) is 12.4. The predicted molar refractivity (Wildman–Crippen MR) is 54.9 cm³/mol. The van der Waals surface area contributed by atoms with E-state index in [9.17, 15) is 9.90 Å². The number of phenols is 1. The van der Waals surface area contributed by atoms with Gasteiger partial charge in [-0.25, -0.2) is 0 Å². The van der Waals surface area contributed by atoms with Gasteiger partial charge in [-0.2, -0.15) is 0 Å². The van der Waals surface area contributed by atoms with Crippen LogP contribution in [0.15, 0.2) is 18.2 Å². The van der Waals surface area contributed by atoms with E-state index in [1.807, 2.05) is 0 Å². The van der Waals surface area contributed by atoms with Crippen molar-refractivity contribution in [2.75, 3.05) is 7.11 Å². The van der Waals surface area contributed by atoms with Gasteiger partial charge in [0.2, 0.25) is 0 Å². The van der Waals surface area contributed by atoms with Crippen LogP contribution in [0, 0.1) is 0 Å². The van der Waals surface area contributed by atoms with Crippen molar-refractivity contribution >= 4 is 5.97 Å². The molecule has 1 atom stereocenters. The molecule has 1 aromatic rings. The van der Waals surface area contributed by atoms with Crippen molar-refractivity contribution in [3.05, 3.63) is 29.3 Å². The van der Waals surface area contributed by atoms with Crippen LogP contribution >= 0.6 is 0 Å². The molecule has 82 valence electrons. The fourth-order valence-electron chi connectivity index (χ4n) is 1.50. The molecule has 0 amide bonds. The molecule has 4 nitrogen and oxygen atoms in total. The minimum atomic E-state index is -0.964. The van der Waals surface area contributed by atoms with Crippen molar-refractivity contribution in [1.29, 1.82) is 0 Å². The molecule has 0 radical (unpaired) electrons. The number of phenolic OH excluding ortho intramolecular Hbond substituents is 1. The molecule has 0 saturated carbocycles. The van der Waals surface area contributed by atoms with E-state index in [0.717, 1.165) is 0 Å². The van der Waals surface area contributed by atoms with E-state index in [0.29, 0.717) is 17.7 Å². The molecule has 0 spiro atoms. The molecule has 4 heteroatoms. The lowest BCUT2D eigenvalue weighted by Gasteiger charge is -2.14. The number of hydrogen-bond donors (Lipinski definition) is 2. The molecule has 0 heterocycles. The molecule has 0 bridgehead atoms. The number of rotatable bonds is 4. The highest BCUT2D eigenvalue weighted by Crippen LogP contribution is 2.29. The number of aromatic hydroxyl groups is 1. The van der Waals surface area contributed by atoms with Crippen LogP contribution in [-0.2, 0) is 16.1 Å². The Labute approximate surface area is 88.1 Å². The number of benzene rings is 1. The number of hydrogen-bond acceptors (Lipinski definition) is 3. The van der Waals surface area contributed by atoms with Gasteiger partial charge < -0.3 is 14.9 Å². The first-order valence-electron chi connectivity index (χ1n) is 4.60. The third-order valence-corrected chi connectivity index (χ3v) is 2.28. The van der Waals surface area contributed by atoms with Crippen LogP contribution in [0.25, 0.3) is 0 Å². The third-order valence-electron chi connectivity index (χ3n) is 2.28. The lowest BCUT2D eigenvalue weighted by molar-refractivity contribution is -0.138. The van der Waals surface area contributed by atoms with Crippen LogP contribution in [0.5, 0.6) is 5.75 Å². The molecule has 0 fully saturated rings. The summed E-state index contributed by atoms with van der Waals surface area (Å²) >= 11 is 0. The highest BCUT2D eigenvalue weighted by atomic mass is 16.5. The highest BCUT2D eigenvalue weighted by Gasteiger charge is 2.20. The number of carboxylic acid groups (broad SMARTS) is 1. The van der Waals surface area contributed by atoms with E-state index >= 15 is 0 Å². The second kappa shape index (κ2) is 4.79. The topological polar surface area (TPSA) is 66.8 Å². The second-order valence-corrected chi connectivity index (χ2v) is 3.34. The predicted octanol–water partition coefficient (Wildman–Crippen LogP) is 1.73. The SMILES string of the molecule is COCc1cccc(O)c1C(C)C(=O)O. The van der Waals surface area contributed by atoms with E-state index in [1.54, 1.807) is 12.1 Å². The maximum atomic E-state index is 10.9. The summed E-state index contributed by atoms with van der Waals surface area (Å²) in [6.07, 6.45) is 0. The average molecular weight is 210 g/mol. The van der Waals surface area contributed by atoms with Crippen molar-refractivity contribution in [2.24, 2.45) is 0 Å². The van der Waals surface area contributed by atoms with Gasteiger partial charge in [0, 0.05) is 12.7 Å². The van der Waals surface area contributed by atoms with Gasteiger partial charge in [-0.1, -0.05) is 12.1 Å². The smallest absolute Gasteiger partial charge is 0.310 e. The van der Waals surface area contributed by atoms with E-state index < -0.39 is 11.9 Å². The lowest BCUT2D eigenvalue weighted by Crippen LogP contribution is -2.10. The molecule has 1 aromatic carbocycles. The van der Waals surface area contributed by atoms with Crippen LogP contribution in [0.3, 0.4) is 0 Å². The number of carboxylic acids is 1. The fourth-order valence-corrected chi connectivity index (χ4v) is 1.50. The quantitative estimate of drug-likeness (QED) is 0.794. The molecular weight excluding hydrogens is 196 g/mol. The van der Waals surface area contributed by atoms with Crippen molar-refractivity contribution in [3.8, 4) is 5.75 Å². The van der Waals surface area contributed by atoms with Crippen molar-refractivity contribution < 1.29 is 19.7 Å². The average Bonchev–Trinajstić information content (AvgIpc) is 2.17. The standard InChI is InChI=1S/C11H14O4/c1-7(11(13)14)10-8(6-15-2)4-3-5-9(10)12/h3-5,7,12H,6H2,1-2H3,(H,13,14). The van der Waals surface area contributed by atoms with E-state index in [4.69, 9.17) is 9.84 Å². The number of carbonyl (C=O) groups is 1. The Kier molecular flexibility index (Phi) is 3.68. The first-order valence-corrected chi connectivity index (χ1v) is 4.60. The van der Waals surface area contributed by atoms with Gasteiger partial charge in [0.05, 0.1) is 12.5 Å². The summed E-state index contributed by atoms with van der Waals surface area (Å²) in [6.45, 7) is 1.83. The van der Waals surface area contributed by atoms with Gasteiger partial charge in [-0.05, 0) is 18.6 Å². The van der Waals surface area contributed by atoms with E-state index in [-0.39, 0.29) is 5.75 Å². The van der Waals surface area contributed by atoms with Gasteiger partial charge in [-0.3, -0.25) is 4.79 Å². The van der Waals surface area contributed by atoms with Crippen LogP contribution in [-0.4, -0.2) is 23.3 Å². The molecule has 0 aliphatic carbocycles. The van der Waals surface area contributed by atoms with Gasteiger partial charge in [-0.15, -0.1) is 0 Å². The van der Waals surface area contributed by atoms with Crippen molar-refractivity contribution in [2.45, 2.75) is 19.4 Å². The van der Waals surface area contributed by atoms with Crippen LogP contribution in [0.1, 0.15) is 24.0 Å². The minimum absolute atomic E-state index is 0.000509. The van der Waals surface area contributed by atoms with Crippen LogP contribution < -0.4 is 0 Å². The van der Waals surface area contributed by atoms with Crippen molar-refractivity contribution in [1.82, 2.24) is 0 Å². The zero-order valence-electron chi connectivity index (χ0n) is 8.73. The highest BCUT2D eigenvalue weighted by molar-refractivity contribution is 5.77. The van der Waals surface area contributed by atoms with E-state index in [1.165, 1.54) is 20.1 Å². The van der Waals surface area contributed by atoms with E-state index in [2.05, 4.69) is 0 Å². The Hall–Kier alpha value is -1.55. The Morgan fingerprint density at radius 2 is 2.20 bits per heavy atom. The number of methoxy groups -OCH3 is 1. The summed E-state index contributed by atoms with van der Waals surface area (Å²) in [6, 6.07) is 4.90. The Balaban J connectivity index is 3.17. The number of aliphatic carboxylic acids is 1. The minimum Gasteiger partial charge on any atom is -0.508 e. The summed E-state index contributed by atoms with van der Waals surface area (Å²) < 4.78 is 4.95. The maximum absolute atomic E-state index is 10.9. The molecule has 0 aliphatic heterocycles. The zero-order chi connectivity index (χ0) is 11.4. The summed E-state index contributed by atoms with van der Waals surface area (Å²) in [5.74, 6) is -1.70. The molecule has 1 unspecified atom stereocenters. The summed E-state index contributed by atoms with van der Waals surface area (Å²) in [4.78, 5) is 10.9. The van der Waals surface area contributed by atoms with Crippen LogP contribution in [0.4, 0.5) is 0 Å². The molecule has 0 saturated heterocycles. The molecule has 2 N–H and O–H groups in total.